The number of fused-ring (bicyclic) bond motifs is 2. The van der Waals surface area contributed by atoms with Crippen LogP contribution in [0.15, 0.2) is 51.3 Å². The first-order valence-corrected chi connectivity index (χ1v) is 8.29. The number of nitrogens with zero attached hydrogens (tertiary/aromatic N) is 2. The summed E-state index contributed by atoms with van der Waals surface area (Å²) in [4.78, 5) is 8.57. The van der Waals surface area contributed by atoms with Crippen molar-refractivity contribution in [3.63, 3.8) is 0 Å². The molecule has 0 aliphatic carbocycles. The molecule has 0 radical (unpaired) electrons. The van der Waals surface area contributed by atoms with Crippen LogP contribution in [-0.2, 0) is 15.9 Å². The molecule has 2 aromatic carbocycles. The first-order valence-electron chi connectivity index (χ1n) is 6.68. The molecule has 7 nitrogen and oxygen atoms in total. The Kier molecular flexibility index (Phi) is 2.97. The van der Waals surface area contributed by atoms with Crippen LogP contribution in [0.2, 0.25) is 0 Å². The Bertz CT molecular complexity index is 1090. The maximum Gasteiger partial charge on any atom is 0.284 e. The lowest BCUT2D eigenvalue weighted by Crippen LogP contribution is -2.01. The maximum absolute atomic E-state index is 10.9. The van der Waals surface area contributed by atoms with Crippen LogP contribution >= 0.6 is 0 Å². The molecule has 2 heterocycles. The van der Waals surface area contributed by atoms with Gasteiger partial charge in [-0.25, -0.2) is 9.97 Å². The highest BCUT2D eigenvalue weighted by atomic mass is 32.2. The van der Waals surface area contributed by atoms with Crippen LogP contribution < -0.4 is 0 Å². The lowest BCUT2D eigenvalue weighted by Gasteiger charge is -1.96. The number of aromatic nitrogens is 2. The van der Waals surface area contributed by atoms with E-state index in [9.17, 15) is 8.42 Å². The molecule has 0 saturated heterocycles. The van der Waals surface area contributed by atoms with Gasteiger partial charge in [-0.05, 0) is 29.8 Å². The zero-order valence-corrected chi connectivity index (χ0v) is 12.4. The van der Waals surface area contributed by atoms with Crippen molar-refractivity contribution >= 4 is 32.3 Å². The number of hydrogen-bond donors (Lipinski definition) is 1. The highest BCUT2D eigenvalue weighted by Gasteiger charge is 2.16. The Hall–Kier alpha value is -2.71. The first kappa shape index (κ1) is 13.9. The van der Waals surface area contributed by atoms with Crippen molar-refractivity contribution in [1.29, 1.82) is 0 Å². The van der Waals surface area contributed by atoms with Gasteiger partial charge in [0.05, 0.1) is 0 Å². The fraction of sp³-hybridized carbons (Fsp3) is 0.0667. The van der Waals surface area contributed by atoms with Gasteiger partial charge in [-0.15, -0.1) is 0 Å². The number of para-hydroxylation sites is 2. The number of oxazole rings is 2. The Labute approximate surface area is 130 Å². The number of rotatable bonds is 3. The lowest BCUT2D eigenvalue weighted by atomic mass is 10.2. The molecule has 0 atom stereocenters. The van der Waals surface area contributed by atoms with E-state index < -0.39 is 15.9 Å². The van der Waals surface area contributed by atoms with Crippen molar-refractivity contribution in [1.82, 2.24) is 9.97 Å². The van der Waals surface area contributed by atoms with Gasteiger partial charge >= 0.3 is 0 Å². The molecule has 116 valence electrons. The maximum atomic E-state index is 10.9. The summed E-state index contributed by atoms with van der Waals surface area (Å²) < 4.78 is 42.0. The summed E-state index contributed by atoms with van der Waals surface area (Å²) in [6.45, 7) is 0. The Morgan fingerprint density at radius 1 is 0.913 bits per heavy atom. The van der Waals surface area contributed by atoms with Crippen LogP contribution in [0, 0.1) is 0 Å². The molecule has 0 spiro atoms. The largest absolute Gasteiger partial charge is 0.432 e. The van der Waals surface area contributed by atoms with E-state index >= 15 is 0 Å². The van der Waals surface area contributed by atoms with Crippen LogP contribution in [0.1, 0.15) is 5.56 Å². The average Bonchev–Trinajstić information content (AvgIpc) is 3.08. The molecule has 0 aliphatic rings. The van der Waals surface area contributed by atoms with Crippen molar-refractivity contribution in [2.75, 3.05) is 0 Å². The lowest BCUT2D eigenvalue weighted by molar-refractivity contribution is 0.482. The van der Waals surface area contributed by atoms with Gasteiger partial charge in [0.1, 0.15) is 16.8 Å². The summed E-state index contributed by atoms with van der Waals surface area (Å²) in [5.74, 6) is -0.0208. The fourth-order valence-corrected chi connectivity index (χ4v) is 2.93. The van der Waals surface area contributed by atoms with Crippen LogP contribution in [0.3, 0.4) is 0 Å². The molecule has 0 aliphatic heterocycles. The van der Waals surface area contributed by atoms with Gasteiger partial charge in [-0.1, -0.05) is 18.2 Å². The molecule has 0 fully saturated rings. The van der Waals surface area contributed by atoms with E-state index in [1.807, 2.05) is 18.2 Å². The normalized spacial score (nSPS) is 12.2. The Morgan fingerprint density at radius 2 is 1.57 bits per heavy atom. The van der Waals surface area contributed by atoms with Crippen molar-refractivity contribution < 1.29 is 21.8 Å². The van der Waals surface area contributed by atoms with E-state index in [1.165, 1.54) is 0 Å². The van der Waals surface area contributed by atoms with Crippen molar-refractivity contribution in [2.24, 2.45) is 0 Å². The molecular weight excluding hydrogens is 320 g/mol. The van der Waals surface area contributed by atoms with Crippen LogP contribution in [0.25, 0.3) is 34.0 Å². The molecule has 8 heteroatoms. The second kappa shape index (κ2) is 4.90. The predicted molar refractivity (Wildman–Crippen MR) is 82.3 cm³/mol. The van der Waals surface area contributed by atoms with Crippen molar-refractivity contribution in [3.8, 4) is 11.8 Å². The summed E-state index contributed by atoms with van der Waals surface area (Å²) in [6, 6.07) is 12.0. The monoisotopic (exact) mass is 330 g/mol. The third kappa shape index (κ3) is 2.69. The molecule has 23 heavy (non-hydrogen) atoms. The zero-order chi connectivity index (χ0) is 16.0. The van der Waals surface area contributed by atoms with E-state index in [1.54, 1.807) is 24.3 Å². The fourth-order valence-electron chi connectivity index (χ4n) is 2.33. The summed E-state index contributed by atoms with van der Waals surface area (Å²) in [5, 5.41) is 0. The SMILES string of the molecule is O=S(=O)(O)Cc1ccc2oc(-c3nc4ccccc4o3)nc2c1. The van der Waals surface area contributed by atoms with Gasteiger partial charge in [0, 0.05) is 0 Å². The number of hydrogen-bond acceptors (Lipinski definition) is 6. The molecule has 0 amide bonds. The minimum atomic E-state index is -4.10. The van der Waals surface area contributed by atoms with E-state index in [4.69, 9.17) is 13.4 Å². The Morgan fingerprint density at radius 3 is 2.26 bits per heavy atom. The van der Waals surface area contributed by atoms with Gasteiger partial charge in [-0.3, -0.25) is 4.55 Å². The molecule has 4 aromatic rings. The van der Waals surface area contributed by atoms with Crippen molar-refractivity contribution in [3.05, 3.63) is 48.0 Å². The quantitative estimate of drug-likeness (QED) is 0.575. The molecule has 0 unspecified atom stereocenters. The minimum absolute atomic E-state index is 0.209. The predicted octanol–water partition coefficient (Wildman–Crippen LogP) is 3.02. The standard InChI is InChI=1S/C15H10N2O5S/c18-23(19,20)8-9-5-6-13-11(7-9)17-15(22-13)14-16-10-3-1-2-4-12(10)21-14/h1-7H,8H2,(H,18,19,20). The third-order valence-electron chi connectivity index (χ3n) is 3.28. The second-order valence-electron chi connectivity index (χ2n) is 5.03. The van der Waals surface area contributed by atoms with E-state index in [-0.39, 0.29) is 11.8 Å². The molecule has 0 saturated carbocycles. The van der Waals surface area contributed by atoms with Gasteiger partial charge in [-0.2, -0.15) is 8.42 Å². The van der Waals surface area contributed by atoms with Crippen LogP contribution in [-0.4, -0.2) is 22.9 Å². The summed E-state index contributed by atoms with van der Waals surface area (Å²) >= 11 is 0. The van der Waals surface area contributed by atoms with Crippen molar-refractivity contribution in [2.45, 2.75) is 5.75 Å². The van der Waals surface area contributed by atoms with Gasteiger partial charge < -0.3 is 8.83 Å². The summed E-state index contributed by atoms with van der Waals surface area (Å²) in [7, 11) is -4.10. The third-order valence-corrected chi connectivity index (χ3v) is 3.98. The molecule has 2 aromatic heterocycles. The highest BCUT2D eigenvalue weighted by Crippen LogP contribution is 2.27. The van der Waals surface area contributed by atoms with E-state index in [0.29, 0.717) is 27.8 Å². The minimum Gasteiger partial charge on any atom is -0.432 e. The summed E-state index contributed by atoms with van der Waals surface area (Å²) in [6.07, 6.45) is 0. The van der Waals surface area contributed by atoms with Gasteiger partial charge in [0.2, 0.25) is 0 Å². The first-order chi connectivity index (χ1) is 11.0. The van der Waals surface area contributed by atoms with Crippen LogP contribution in [0.5, 0.6) is 0 Å². The second-order valence-corrected chi connectivity index (χ2v) is 6.49. The van der Waals surface area contributed by atoms with E-state index in [0.717, 1.165) is 0 Å². The number of benzene rings is 2. The van der Waals surface area contributed by atoms with Gasteiger partial charge in [0.25, 0.3) is 21.9 Å². The van der Waals surface area contributed by atoms with Crippen LogP contribution in [0.4, 0.5) is 0 Å². The zero-order valence-electron chi connectivity index (χ0n) is 11.6. The molecule has 0 bridgehead atoms. The van der Waals surface area contributed by atoms with E-state index in [2.05, 4.69) is 9.97 Å². The average molecular weight is 330 g/mol. The Balaban J connectivity index is 1.79. The topological polar surface area (TPSA) is 106 Å². The highest BCUT2D eigenvalue weighted by molar-refractivity contribution is 7.85. The molecular formula is C15H10N2O5S. The molecule has 4 rings (SSSR count). The molecule has 1 N–H and O–H groups in total. The van der Waals surface area contributed by atoms with Gasteiger partial charge in [0.15, 0.2) is 11.2 Å². The summed E-state index contributed by atoms with van der Waals surface area (Å²) in [5.41, 5.74) is 2.66. The smallest absolute Gasteiger partial charge is 0.284 e.